The number of rotatable bonds is 4. The molecule has 2 heterocycles. The zero-order chi connectivity index (χ0) is 22.6. The van der Waals surface area contributed by atoms with Crippen LogP contribution in [-0.2, 0) is 13.2 Å². The van der Waals surface area contributed by atoms with E-state index in [9.17, 15) is 22.0 Å². The minimum absolute atomic E-state index is 0.0436. The van der Waals surface area contributed by atoms with E-state index in [-0.39, 0.29) is 17.0 Å². The van der Waals surface area contributed by atoms with Crippen molar-refractivity contribution in [3.05, 3.63) is 69.9 Å². The predicted molar refractivity (Wildman–Crippen MR) is 123 cm³/mol. The summed E-state index contributed by atoms with van der Waals surface area (Å²) >= 11 is 2.51. The van der Waals surface area contributed by atoms with E-state index in [0.29, 0.717) is 11.3 Å². The Labute approximate surface area is 194 Å². The minimum atomic E-state index is -4.44. The molecular weight excluding hydrogens is 546 g/mol. The molecule has 1 aliphatic carbocycles. The molecule has 1 atom stereocenters. The molecule has 31 heavy (non-hydrogen) atoms. The fourth-order valence-electron chi connectivity index (χ4n) is 3.89. The molecule has 0 bridgehead atoms. The van der Waals surface area contributed by atoms with Gasteiger partial charge in [-0.2, -0.15) is 22.0 Å². The van der Waals surface area contributed by atoms with Crippen LogP contribution < -0.4 is 0 Å². The van der Waals surface area contributed by atoms with Gasteiger partial charge < -0.3 is 4.57 Å². The van der Waals surface area contributed by atoms with Crippen LogP contribution in [0.4, 0.5) is 22.0 Å². The van der Waals surface area contributed by atoms with E-state index in [1.54, 1.807) is 17.7 Å². The Balaban J connectivity index is 1.80. The van der Waals surface area contributed by atoms with Crippen molar-refractivity contribution in [2.45, 2.75) is 29.9 Å². The number of halogens is 6. The largest absolute Gasteiger partial charge is 0.416 e. The van der Waals surface area contributed by atoms with Crippen LogP contribution in [-0.4, -0.2) is 13.5 Å². The summed E-state index contributed by atoms with van der Waals surface area (Å²) in [6.45, 7) is 2.03. The van der Waals surface area contributed by atoms with E-state index >= 15 is 0 Å². The number of hydrogen-bond donors (Lipinski definition) is 0. The van der Waals surface area contributed by atoms with Gasteiger partial charge >= 0.3 is 10.1 Å². The average molecular weight is 564 g/mol. The second-order valence-electron chi connectivity index (χ2n) is 7.47. The number of aromatic nitrogens is 2. The molecule has 0 fully saturated rings. The molecule has 0 amide bonds. The van der Waals surface area contributed by atoms with Crippen LogP contribution in [0.25, 0.3) is 15.9 Å². The minimum Gasteiger partial charge on any atom is -0.327 e. The number of allylic oxidation sites excluding steroid dienone is 6. The zero-order valence-corrected chi connectivity index (χ0v) is 19.6. The lowest BCUT2D eigenvalue weighted by atomic mass is 9.83. The Hall–Kier alpha value is -1.62. The highest BCUT2D eigenvalue weighted by atomic mass is 127. The molecule has 2 aliphatic rings. The standard InChI is InChI=1S/C22H18F5IN2S/c1-3-4-16-15-7-5-14(22(26,27)28)9-12(15)11-31-19(16)20-29-17-10-13(21(23,24)25)6-8-18(17)30(20)2/h5-11,15H,3-4H2,1-2H3. The zero-order valence-electron chi connectivity index (χ0n) is 16.6. The van der Waals surface area contributed by atoms with Gasteiger partial charge in [-0.1, -0.05) is 37.3 Å². The molecule has 0 saturated carbocycles. The molecule has 2 nitrogen and oxygen atoms in total. The third kappa shape index (κ3) is 4.22. The highest BCUT2D eigenvalue weighted by molar-refractivity contribution is 14.1. The summed E-state index contributed by atoms with van der Waals surface area (Å²) in [4.78, 5) is 5.40. The normalized spacial score (nSPS) is 19.5. The van der Waals surface area contributed by atoms with Crippen LogP contribution >= 0.6 is 34.4 Å². The van der Waals surface area contributed by atoms with E-state index in [1.165, 1.54) is 30.0 Å². The van der Waals surface area contributed by atoms with Gasteiger partial charge in [0, 0.05) is 41.1 Å². The van der Waals surface area contributed by atoms with Crippen LogP contribution in [0.2, 0.25) is 0 Å². The number of imidazole rings is 1. The van der Waals surface area contributed by atoms with Gasteiger partial charge in [0.1, 0.15) is 5.82 Å². The first-order chi connectivity index (χ1) is 14.5. The molecule has 1 unspecified atom stereocenters. The fourth-order valence-corrected chi connectivity index (χ4v) is 5.36. The third-order valence-corrected chi connectivity index (χ3v) is 7.08. The van der Waals surface area contributed by atoms with Gasteiger partial charge in [-0.15, -0.1) is 0 Å². The van der Waals surface area contributed by atoms with Gasteiger partial charge in [0.25, 0.3) is 0 Å². The Bertz CT molecular complexity index is 1170. The first-order valence-electron chi connectivity index (χ1n) is 9.61. The third-order valence-electron chi connectivity index (χ3n) is 5.39. The molecule has 164 valence electrons. The van der Waals surface area contributed by atoms with E-state index in [4.69, 9.17) is 0 Å². The predicted octanol–water partition coefficient (Wildman–Crippen LogP) is 7.87. The van der Waals surface area contributed by atoms with Gasteiger partial charge in [-0.05, 0) is 47.3 Å². The SMILES string of the molecule is CCCC1=C(c2nc3cc(C(F)(F)F)ccc3n2C)SC=C2C=C(C(F)(F)I)C=CC21. The Morgan fingerprint density at radius 2 is 1.94 bits per heavy atom. The Kier molecular flexibility index (Phi) is 5.87. The molecule has 1 aliphatic heterocycles. The van der Waals surface area contributed by atoms with Gasteiger partial charge in [0.2, 0.25) is 0 Å². The molecule has 4 rings (SSSR count). The van der Waals surface area contributed by atoms with Gasteiger partial charge in [-0.25, -0.2) is 4.98 Å². The van der Waals surface area contributed by atoms with Crippen molar-refractivity contribution < 1.29 is 22.0 Å². The number of thioether (sulfide) groups is 1. The quantitative estimate of drug-likeness (QED) is 0.214. The second kappa shape index (κ2) is 8.06. The number of alkyl halides is 6. The molecule has 0 spiro atoms. The van der Waals surface area contributed by atoms with E-state index < -0.39 is 15.7 Å². The first-order valence-corrected chi connectivity index (χ1v) is 11.6. The maximum atomic E-state index is 13.8. The van der Waals surface area contributed by atoms with Crippen LogP contribution in [0.15, 0.2) is 58.6 Å². The summed E-state index contributed by atoms with van der Waals surface area (Å²) < 4.78 is 65.7. The molecule has 9 heteroatoms. The first kappa shape index (κ1) is 22.6. The maximum absolute atomic E-state index is 13.8. The van der Waals surface area contributed by atoms with Crippen LogP contribution in [0.5, 0.6) is 0 Å². The fraction of sp³-hybridized carbons (Fsp3) is 0.318. The number of nitrogens with zero attached hydrogens (tertiary/aromatic N) is 2. The van der Waals surface area contributed by atoms with Gasteiger partial charge in [0.15, 0.2) is 0 Å². The van der Waals surface area contributed by atoms with Crippen molar-refractivity contribution in [3.8, 4) is 0 Å². The summed E-state index contributed by atoms with van der Waals surface area (Å²) in [6, 6.07) is 3.55. The van der Waals surface area contributed by atoms with E-state index in [2.05, 4.69) is 4.98 Å². The van der Waals surface area contributed by atoms with Crippen molar-refractivity contribution >= 4 is 50.3 Å². The van der Waals surface area contributed by atoms with Crippen molar-refractivity contribution in [1.82, 2.24) is 9.55 Å². The lowest BCUT2D eigenvalue weighted by Crippen LogP contribution is -2.17. The highest BCUT2D eigenvalue weighted by Crippen LogP contribution is 2.48. The summed E-state index contributed by atoms with van der Waals surface area (Å²) in [5, 5.41) is 1.84. The molecule has 0 N–H and O–H groups in total. The molecule has 2 aromatic rings. The second-order valence-corrected chi connectivity index (χ2v) is 9.70. The average Bonchev–Trinajstić information content (AvgIpc) is 3.02. The van der Waals surface area contributed by atoms with Crippen LogP contribution in [0.3, 0.4) is 0 Å². The molecule has 0 saturated heterocycles. The maximum Gasteiger partial charge on any atom is 0.416 e. The number of benzene rings is 1. The Morgan fingerprint density at radius 3 is 2.58 bits per heavy atom. The van der Waals surface area contributed by atoms with E-state index in [1.807, 2.05) is 12.3 Å². The lowest BCUT2D eigenvalue weighted by molar-refractivity contribution is -0.137. The molecule has 1 aromatic carbocycles. The van der Waals surface area contributed by atoms with Crippen molar-refractivity contribution in [1.29, 1.82) is 0 Å². The van der Waals surface area contributed by atoms with Crippen molar-refractivity contribution in [2.75, 3.05) is 0 Å². The molecular formula is C22H18F5IN2S. The highest BCUT2D eigenvalue weighted by Gasteiger charge is 2.35. The topological polar surface area (TPSA) is 17.8 Å². The van der Waals surface area contributed by atoms with E-state index in [0.717, 1.165) is 63.6 Å². The van der Waals surface area contributed by atoms with Gasteiger partial charge in [0.05, 0.1) is 21.5 Å². The summed E-state index contributed by atoms with van der Waals surface area (Å²) in [7, 11) is 1.78. The number of fused-ring (bicyclic) bond motifs is 2. The summed E-state index contributed by atoms with van der Waals surface area (Å²) in [5.74, 6) is 0.435. The van der Waals surface area contributed by atoms with Crippen molar-refractivity contribution in [2.24, 2.45) is 13.0 Å². The number of hydrogen-bond acceptors (Lipinski definition) is 2. The van der Waals surface area contributed by atoms with Crippen LogP contribution in [0, 0.1) is 5.92 Å². The smallest absolute Gasteiger partial charge is 0.327 e. The Morgan fingerprint density at radius 1 is 1.19 bits per heavy atom. The molecule has 1 aromatic heterocycles. The van der Waals surface area contributed by atoms with Gasteiger partial charge in [-0.3, -0.25) is 0 Å². The number of aryl methyl sites for hydroxylation is 1. The lowest BCUT2D eigenvalue weighted by Gasteiger charge is -2.29. The van der Waals surface area contributed by atoms with Crippen LogP contribution in [0.1, 0.15) is 31.2 Å². The molecule has 0 radical (unpaired) electrons. The van der Waals surface area contributed by atoms with Crippen molar-refractivity contribution in [3.63, 3.8) is 0 Å². The summed E-state index contributed by atoms with van der Waals surface area (Å²) in [6.07, 6.45) is 1.91. The monoisotopic (exact) mass is 564 g/mol. The summed E-state index contributed by atoms with van der Waals surface area (Å²) in [5.41, 5.74) is 1.94.